The van der Waals surface area contributed by atoms with E-state index in [2.05, 4.69) is 10.1 Å². The monoisotopic (exact) mass is 295 g/mol. The van der Waals surface area contributed by atoms with Crippen molar-refractivity contribution in [2.45, 2.75) is 20.0 Å². The Hall–Kier alpha value is -2.44. The number of carbonyl (C=O) groups excluding carboxylic acids is 1. The number of aromatic nitrogens is 3. The second kappa shape index (κ2) is 5.51. The molecule has 1 aromatic carbocycles. The van der Waals surface area contributed by atoms with E-state index in [9.17, 15) is 18.0 Å². The highest BCUT2D eigenvalue weighted by Crippen LogP contribution is 2.32. The van der Waals surface area contributed by atoms with Crippen LogP contribution in [0.5, 0.6) is 0 Å². The van der Waals surface area contributed by atoms with Gasteiger partial charge in [0.1, 0.15) is 6.33 Å². The average molecular weight is 295 g/mol. The van der Waals surface area contributed by atoms with Crippen LogP contribution in [0.25, 0.3) is 17.6 Å². The van der Waals surface area contributed by atoms with Gasteiger partial charge in [0, 0.05) is 11.8 Å². The van der Waals surface area contributed by atoms with E-state index in [1.54, 1.807) is 13.0 Å². The van der Waals surface area contributed by atoms with Gasteiger partial charge >= 0.3 is 6.18 Å². The number of hydrogen-bond acceptors (Lipinski definition) is 3. The molecule has 21 heavy (non-hydrogen) atoms. The number of alkyl halides is 3. The highest BCUT2D eigenvalue weighted by atomic mass is 19.4. The van der Waals surface area contributed by atoms with Gasteiger partial charge in [-0.2, -0.15) is 13.2 Å². The molecule has 0 saturated carbocycles. The van der Waals surface area contributed by atoms with E-state index in [1.165, 1.54) is 30.2 Å². The Kier molecular flexibility index (Phi) is 3.93. The molecule has 0 spiro atoms. The molecule has 0 fully saturated rings. The molecule has 1 aromatic heterocycles. The summed E-state index contributed by atoms with van der Waals surface area (Å²) in [7, 11) is 0. The summed E-state index contributed by atoms with van der Waals surface area (Å²) in [4.78, 5) is 14.8. The van der Waals surface area contributed by atoms with Crippen molar-refractivity contribution in [3.05, 3.63) is 41.7 Å². The van der Waals surface area contributed by atoms with Crippen molar-refractivity contribution in [2.75, 3.05) is 0 Å². The van der Waals surface area contributed by atoms with Crippen molar-refractivity contribution < 1.29 is 18.0 Å². The van der Waals surface area contributed by atoms with E-state index < -0.39 is 11.7 Å². The van der Waals surface area contributed by atoms with E-state index in [4.69, 9.17) is 0 Å². The molecule has 0 aliphatic heterocycles. The van der Waals surface area contributed by atoms with Gasteiger partial charge in [0.15, 0.2) is 11.6 Å². The minimum atomic E-state index is -4.42. The molecule has 0 amide bonds. The molecule has 1 heterocycles. The number of carbonyl (C=O) groups is 1. The lowest BCUT2D eigenvalue weighted by molar-refractivity contribution is -0.137. The summed E-state index contributed by atoms with van der Waals surface area (Å²) in [5.41, 5.74) is 0.000816. The van der Waals surface area contributed by atoms with Crippen LogP contribution in [0.4, 0.5) is 13.2 Å². The number of allylic oxidation sites excluding steroid dienone is 1. The molecule has 2 aromatic rings. The first-order valence-electron chi connectivity index (χ1n) is 6.05. The fraction of sp³-hybridized carbons (Fsp3) is 0.214. The first kappa shape index (κ1) is 15.0. The number of rotatable bonds is 3. The van der Waals surface area contributed by atoms with Crippen molar-refractivity contribution in [3.8, 4) is 11.4 Å². The molecule has 2 rings (SSSR count). The zero-order valence-corrected chi connectivity index (χ0v) is 11.3. The molecular formula is C14H12F3N3O. The average Bonchev–Trinajstić information content (AvgIpc) is 2.83. The van der Waals surface area contributed by atoms with Gasteiger partial charge in [-0.15, -0.1) is 5.10 Å². The van der Waals surface area contributed by atoms with E-state index in [1.807, 2.05) is 0 Å². The maximum absolute atomic E-state index is 12.8. The van der Waals surface area contributed by atoms with Crippen LogP contribution in [0, 0.1) is 6.92 Å². The summed E-state index contributed by atoms with van der Waals surface area (Å²) in [5, 5.41) is 4.02. The number of aryl methyl sites for hydroxylation is 1. The zero-order valence-electron chi connectivity index (χ0n) is 11.3. The Morgan fingerprint density at radius 3 is 2.62 bits per heavy atom. The van der Waals surface area contributed by atoms with Crippen molar-refractivity contribution >= 4 is 12.0 Å². The molecule has 0 radical (unpaired) electrons. The molecule has 4 nitrogen and oxygen atoms in total. The Morgan fingerprint density at radius 2 is 2.00 bits per heavy atom. The van der Waals surface area contributed by atoms with Gasteiger partial charge in [-0.3, -0.25) is 4.79 Å². The molecule has 0 atom stereocenters. The van der Waals surface area contributed by atoms with Gasteiger partial charge in [-0.05, 0) is 43.7 Å². The van der Waals surface area contributed by atoms with E-state index in [0.717, 1.165) is 12.1 Å². The second-order valence-electron chi connectivity index (χ2n) is 4.56. The molecule has 0 aliphatic rings. The topological polar surface area (TPSA) is 47.8 Å². The first-order chi connectivity index (χ1) is 9.75. The smallest absolute Gasteiger partial charge is 0.295 e. The predicted molar refractivity (Wildman–Crippen MR) is 71.2 cm³/mol. The summed E-state index contributed by atoms with van der Waals surface area (Å²) in [6, 6.07) is 3.64. The third-order valence-corrected chi connectivity index (χ3v) is 2.63. The van der Waals surface area contributed by atoms with Gasteiger partial charge in [0.2, 0.25) is 0 Å². The quantitative estimate of drug-likeness (QED) is 0.816. The lowest BCUT2D eigenvalue weighted by Crippen LogP contribution is -2.05. The second-order valence-corrected chi connectivity index (χ2v) is 4.56. The fourth-order valence-electron chi connectivity index (χ4n) is 1.74. The van der Waals surface area contributed by atoms with Crippen LogP contribution in [0.3, 0.4) is 0 Å². The lowest BCUT2D eigenvalue weighted by atomic mass is 10.1. The van der Waals surface area contributed by atoms with Crippen molar-refractivity contribution in [1.29, 1.82) is 0 Å². The van der Waals surface area contributed by atoms with Crippen LogP contribution in [-0.2, 0) is 11.0 Å². The van der Waals surface area contributed by atoms with Crippen LogP contribution in [-0.4, -0.2) is 20.5 Å². The van der Waals surface area contributed by atoms with Crippen molar-refractivity contribution in [3.63, 3.8) is 0 Å². The molecule has 0 N–H and O–H groups in total. The number of benzene rings is 1. The predicted octanol–water partition coefficient (Wildman–Crippen LogP) is 3.33. The zero-order chi connectivity index (χ0) is 15.6. The standard InChI is InChI=1S/C14H12F3N3O/c1-9-5-11(7-12(6-9)14(15,16)17)13-18-8-20(19-13)4-3-10(2)21/h3-8H,1-2H3/b4-3+. The molecule has 0 unspecified atom stereocenters. The normalized spacial score (nSPS) is 12.0. The molecule has 110 valence electrons. The molecule has 7 heteroatoms. The van der Waals surface area contributed by atoms with E-state index in [-0.39, 0.29) is 17.2 Å². The highest BCUT2D eigenvalue weighted by Gasteiger charge is 2.31. The summed E-state index contributed by atoms with van der Waals surface area (Å²) in [5.74, 6) is -0.000588. The molecular weight excluding hydrogens is 283 g/mol. The third-order valence-electron chi connectivity index (χ3n) is 2.63. The Morgan fingerprint density at radius 1 is 1.29 bits per heavy atom. The Bertz CT molecular complexity index is 702. The summed E-state index contributed by atoms with van der Waals surface area (Å²) < 4.78 is 39.6. The molecule has 0 saturated heterocycles. The van der Waals surface area contributed by atoms with Gasteiger partial charge in [0.05, 0.1) is 5.56 Å². The summed E-state index contributed by atoms with van der Waals surface area (Å²) in [6.07, 6.45) is -0.419. The van der Waals surface area contributed by atoms with Gasteiger partial charge in [0.25, 0.3) is 0 Å². The van der Waals surface area contributed by atoms with Crippen LogP contribution >= 0.6 is 0 Å². The van der Waals surface area contributed by atoms with Crippen LogP contribution < -0.4 is 0 Å². The largest absolute Gasteiger partial charge is 0.416 e. The van der Waals surface area contributed by atoms with Crippen molar-refractivity contribution in [1.82, 2.24) is 14.8 Å². The molecule has 0 bridgehead atoms. The Balaban J connectivity index is 2.39. The van der Waals surface area contributed by atoms with Crippen LogP contribution in [0.15, 0.2) is 30.6 Å². The van der Waals surface area contributed by atoms with Gasteiger partial charge < -0.3 is 0 Å². The third kappa shape index (κ3) is 3.77. The van der Waals surface area contributed by atoms with Gasteiger partial charge in [-0.1, -0.05) is 0 Å². The summed E-state index contributed by atoms with van der Waals surface area (Å²) in [6.45, 7) is 2.95. The number of hydrogen-bond donors (Lipinski definition) is 0. The first-order valence-corrected chi connectivity index (χ1v) is 6.05. The number of nitrogens with zero attached hydrogens (tertiary/aromatic N) is 3. The minimum Gasteiger partial charge on any atom is -0.295 e. The lowest BCUT2D eigenvalue weighted by Gasteiger charge is -2.09. The maximum Gasteiger partial charge on any atom is 0.416 e. The van der Waals surface area contributed by atoms with Crippen molar-refractivity contribution in [2.24, 2.45) is 0 Å². The van der Waals surface area contributed by atoms with Gasteiger partial charge in [-0.25, -0.2) is 9.67 Å². The maximum atomic E-state index is 12.8. The van der Waals surface area contributed by atoms with E-state index >= 15 is 0 Å². The SMILES string of the molecule is CC(=O)/C=C/n1cnc(-c2cc(C)cc(C(F)(F)F)c2)n1. The van der Waals surface area contributed by atoms with Crippen LogP contribution in [0.1, 0.15) is 18.1 Å². The summed E-state index contributed by atoms with van der Waals surface area (Å²) >= 11 is 0. The van der Waals surface area contributed by atoms with E-state index in [0.29, 0.717) is 5.56 Å². The minimum absolute atomic E-state index is 0.164. The number of ketones is 1. The number of halogens is 3. The Labute approximate surface area is 118 Å². The molecule has 0 aliphatic carbocycles. The fourth-order valence-corrected chi connectivity index (χ4v) is 1.74. The van der Waals surface area contributed by atoms with Crippen LogP contribution in [0.2, 0.25) is 0 Å². The highest BCUT2D eigenvalue weighted by molar-refractivity contribution is 5.89.